The molecule has 0 saturated heterocycles. The molecule has 0 amide bonds. The maximum Gasteiger partial charge on any atom is 0.255 e. The molecule has 3 aromatic rings. The Hall–Kier alpha value is -2.09. The van der Waals surface area contributed by atoms with E-state index < -0.39 is 0 Å². The zero-order valence-corrected chi connectivity index (χ0v) is 13.3. The van der Waals surface area contributed by atoms with E-state index in [0.717, 1.165) is 13.0 Å². The molecular formula is C19H23N2+. The number of aromatic amines is 1. The topological polar surface area (TPSA) is 19.7 Å². The normalized spacial score (nSPS) is 11.2. The van der Waals surface area contributed by atoms with E-state index in [2.05, 4.69) is 73.6 Å². The molecule has 0 saturated carbocycles. The van der Waals surface area contributed by atoms with Crippen LogP contribution in [0.25, 0.3) is 11.0 Å². The van der Waals surface area contributed by atoms with Gasteiger partial charge in [0, 0.05) is 6.42 Å². The average molecular weight is 279 g/mol. The summed E-state index contributed by atoms with van der Waals surface area (Å²) in [4.78, 5) is 3.55. The maximum atomic E-state index is 3.55. The Morgan fingerprint density at radius 1 is 1.00 bits per heavy atom. The van der Waals surface area contributed by atoms with Crippen molar-refractivity contribution in [1.29, 1.82) is 0 Å². The molecule has 0 aliphatic heterocycles. The lowest BCUT2D eigenvalue weighted by Crippen LogP contribution is -2.38. The summed E-state index contributed by atoms with van der Waals surface area (Å²) in [6.45, 7) is 9.74. The van der Waals surface area contributed by atoms with Gasteiger partial charge in [0.25, 0.3) is 5.82 Å². The first kappa shape index (κ1) is 13.9. The van der Waals surface area contributed by atoms with Gasteiger partial charge in [0.1, 0.15) is 6.54 Å². The van der Waals surface area contributed by atoms with Gasteiger partial charge in [0.15, 0.2) is 11.0 Å². The van der Waals surface area contributed by atoms with Crippen molar-refractivity contribution < 1.29 is 4.57 Å². The average Bonchev–Trinajstić information content (AvgIpc) is 2.80. The summed E-state index contributed by atoms with van der Waals surface area (Å²) in [6.07, 6.45) is 1.01. The fourth-order valence-electron chi connectivity index (χ4n) is 3.26. The van der Waals surface area contributed by atoms with Gasteiger partial charge >= 0.3 is 0 Å². The third-order valence-corrected chi connectivity index (χ3v) is 4.29. The molecule has 0 radical (unpaired) electrons. The van der Waals surface area contributed by atoms with Crippen LogP contribution in [0.2, 0.25) is 0 Å². The molecule has 0 fully saturated rings. The minimum absolute atomic E-state index is 0.936. The van der Waals surface area contributed by atoms with Crippen molar-refractivity contribution in [3.8, 4) is 0 Å². The number of rotatable bonds is 3. The van der Waals surface area contributed by atoms with Crippen molar-refractivity contribution in [2.45, 2.75) is 40.7 Å². The first-order chi connectivity index (χ1) is 10.1. The fraction of sp³-hybridized carbons (Fsp3) is 0.316. The van der Waals surface area contributed by atoms with Crippen LogP contribution in [0.5, 0.6) is 0 Å². The summed E-state index contributed by atoms with van der Waals surface area (Å²) in [5, 5.41) is 0. The number of hydrogen-bond acceptors (Lipinski definition) is 0. The van der Waals surface area contributed by atoms with Crippen molar-refractivity contribution in [2.75, 3.05) is 0 Å². The van der Waals surface area contributed by atoms with Crippen molar-refractivity contribution >= 4 is 11.0 Å². The third kappa shape index (κ3) is 2.46. The molecule has 0 aliphatic rings. The van der Waals surface area contributed by atoms with Gasteiger partial charge in [-0.3, -0.25) is 0 Å². The Morgan fingerprint density at radius 2 is 1.67 bits per heavy atom. The molecule has 0 aliphatic carbocycles. The molecule has 0 atom stereocenters. The summed E-state index contributed by atoms with van der Waals surface area (Å²) in [5.74, 6) is 1.29. The van der Waals surface area contributed by atoms with Crippen molar-refractivity contribution in [1.82, 2.24) is 4.98 Å². The third-order valence-electron chi connectivity index (χ3n) is 4.29. The number of aromatic nitrogens is 2. The minimum atomic E-state index is 0.936. The standard InChI is InChI=1S/C19H22N2/c1-5-19-20-17-8-6-7-9-18(17)21(19)12-16-14(3)10-13(2)11-15(16)4/h6-11H,5,12H2,1-4H3/p+1. The minimum Gasteiger partial charge on any atom is -0.241 e. The predicted octanol–water partition coefficient (Wildman–Crippen LogP) is 3.99. The van der Waals surface area contributed by atoms with E-state index in [1.54, 1.807) is 0 Å². The van der Waals surface area contributed by atoms with Gasteiger partial charge in [-0.25, -0.2) is 9.55 Å². The summed E-state index contributed by atoms with van der Waals surface area (Å²) in [5.41, 5.74) is 8.05. The van der Waals surface area contributed by atoms with Gasteiger partial charge in [0.05, 0.1) is 0 Å². The monoisotopic (exact) mass is 279 g/mol. The molecule has 2 aromatic carbocycles. The zero-order chi connectivity index (χ0) is 15.0. The highest BCUT2D eigenvalue weighted by Crippen LogP contribution is 2.18. The predicted molar refractivity (Wildman–Crippen MR) is 87.6 cm³/mol. The maximum absolute atomic E-state index is 3.55. The van der Waals surface area contributed by atoms with Crippen LogP contribution in [0.4, 0.5) is 0 Å². The van der Waals surface area contributed by atoms with Gasteiger partial charge in [-0.15, -0.1) is 0 Å². The molecule has 2 heteroatoms. The molecule has 1 heterocycles. The fourth-order valence-corrected chi connectivity index (χ4v) is 3.26. The largest absolute Gasteiger partial charge is 0.255 e. The second-order valence-electron chi connectivity index (χ2n) is 5.91. The highest BCUT2D eigenvalue weighted by Gasteiger charge is 2.18. The number of imidazole rings is 1. The van der Waals surface area contributed by atoms with Crippen LogP contribution in [0.3, 0.4) is 0 Å². The lowest BCUT2D eigenvalue weighted by atomic mass is 9.99. The Morgan fingerprint density at radius 3 is 2.33 bits per heavy atom. The van der Waals surface area contributed by atoms with Crippen LogP contribution in [0.15, 0.2) is 36.4 Å². The summed E-state index contributed by atoms with van der Waals surface area (Å²) >= 11 is 0. The smallest absolute Gasteiger partial charge is 0.241 e. The van der Waals surface area contributed by atoms with Crippen LogP contribution in [0, 0.1) is 20.8 Å². The van der Waals surface area contributed by atoms with Gasteiger partial charge in [-0.2, -0.15) is 0 Å². The molecule has 108 valence electrons. The van der Waals surface area contributed by atoms with E-state index in [0.29, 0.717) is 0 Å². The van der Waals surface area contributed by atoms with E-state index in [-0.39, 0.29) is 0 Å². The summed E-state index contributed by atoms with van der Waals surface area (Å²) < 4.78 is 2.42. The number of benzene rings is 2. The molecule has 1 N–H and O–H groups in total. The molecule has 3 rings (SSSR count). The number of nitrogens with zero attached hydrogens (tertiary/aromatic N) is 1. The first-order valence-electron chi connectivity index (χ1n) is 7.66. The second kappa shape index (κ2) is 5.36. The molecule has 1 aromatic heterocycles. The van der Waals surface area contributed by atoms with Crippen LogP contribution in [0.1, 0.15) is 35.0 Å². The summed E-state index contributed by atoms with van der Waals surface area (Å²) in [7, 11) is 0. The molecule has 21 heavy (non-hydrogen) atoms. The van der Waals surface area contributed by atoms with E-state index in [1.165, 1.54) is 39.1 Å². The summed E-state index contributed by atoms with van der Waals surface area (Å²) in [6, 6.07) is 13.1. The molecule has 0 unspecified atom stereocenters. The lowest BCUT2D eigenvalue weighted by Gasteiger charge is -2.10. The second-order valence-corrected chi connectivity index (χ2v) is 5.91. The van der Waals surface area contributed by atoms with Crippen LogP contribution >= 0.6 is 0 Å². The Labute approximate surface area is 126 Å². The quantitative estimate of drug-likeness (QED) is 0.699. The molecule has 0 bridgehead atoms. The highest BCUT2D eigenvalue weighted by atomic mass is 15.1. The van der Waals surface area contributed by atoms with E-state index in [1.807, 2.05) is 0 Å². The molecule has 0 spiro atoms. The number of aryl methyl sites for hydroxylation is 4. The lowest BCUT2D eigenvalue weighted by molar-refractivity contribution is -0.669. The molecular weight excluding hydrogens is 256 g/mol. The Kier molecular flexibility index (Phi) is 3.54. The highest BCUT2D eigenvalue weighted by molar-refractivity contribution is 5.71. The number of fused-ring (bicyclic) bond motifs is 1. The number of H-pyrrole nitrogens is 1. The van der Waals surface area contributed by atoms with Gasteiger partial charge in [0.2, 0.25) is 0 Å². The number of nitrogens with one attached hydrogen (secondary N) is 1. The van der Waals surface area contributed by atoms with Gasteiger partial charge < -0.3 is 0 Å². The van der Waals surface area contributed by atoms with Crippen LogP contribution < -0.4 is 4.57 Å². The SMILES string of the molecule is CCc1[nH]c2ccccc2[n+]1Cc1c(C)cc(C)cc1C. The van der Waals surface area contributed by atoms with E-state index >= 15 is 0 Å². The Bertz CT molecular complexity index is 773. The van der Waals surface area contributed by atoms with E-state index in [9.17, 15) is 0 Å². The van der Waals surface area contributed by atoms with Crippen LogP contribution in [-0.2, 0) is 13.0 Å². The van der Waals surface area contributed by atoms with Gasteiger partial charge in [-0.05, 0) is 49.6 Å². The first-order valence-corrected chi connectivity index (χ1v) is 7.66. The molecule has 2 nitrogen and oxygen atoms in total. The zero-order valence-electron chi connectivity index (χ0n) is 13.3. The van der Waals surface area contributed by atoms with Gasteiger partial charge in [-0.1, -0.05) is 36.8 Å². The number of hydrogen-bond donors (Lipinski definition) is 1. The van der Waals surface area contributed by atoms with Crippen LogP contribution in [-0.4, -0.2) is 4.98 Å². The van der Waals surface area contributed by atoms with Crippen molar-refractivity contribution in [3.63, 3.8) is 0 Å². The Balaban J connectivity index is 2.14. The number of para-hydroxylation sites is 2. The van der Waals surface area contributed by atoms with Crippen molar-refractivity contribution in [3.05, 3.63) is 64.5 Å². The van der Waals surface area contributed by atoms with Crippen molar-refractivity contribution in [2.24, 2.45) is 0 Å². The van der Waals surface area contributed by atoms with E-state index in [4.69, 9.17) is 0 Å².